The standard InChI is InChI=1S/C20H28N4O2S/c1-15-10-11-24(13-16-6-4-3-5-7-16)14-19(15)22-27(25,26)20-18(17-8-9-17)12-21-23(20)2/h3-7,12,15,17,19,22H,8-11,13-14H2,1-2H3. The van der Waals surface area contributed by atoms with Gasteiger partial charge in [-0.25, -0.2) is 13.1 Å². The predicted molar refractivity (Wildman–Crippen MR) is 105 cm³/mol. The van der Waals surface area contributed by atoms with Crippen LogP contribution in [0.3, 0.4) is 0 Å². The molecular formula is C20H28N4O2S. The van der Waals surface area contributed by atoms with E-state index in [1.807, 2.05) is 18.2 Å². The molecule has 2 heterocycles. The summed E-state index contributed by atoms with van der Waals surface area (Å²) in [5, 5.41) is 4.56. The summed E-state index contributed by atoms with van der Waals surface area (Å²) < 4.78 is 30.8. The van der Waals surface area contributed by atoms with Crippen LogP contribution in [0.1, 0.15) is 43.2 Å². The van der Waals surface area contributed by atoms with Crippen molar-refractivity contribution in [3.05, 3.63) is 47.7 Å². The molecule has 4 rings (SSSR count). The molecule has 2 fully saturated rings. The van der Waals surface area contributed by atoms with Gasteiger partial charge in [-0.2, -0.15) is 5.10 Å². The van der Waals surface area contributed by atoms with Gasteiger partial charge in [-0.05, 0) is 43.2 Å². The minimum Gasteiger partial charge on any atom is -0.297 e. The Morgan fingerprint density at radius 2 is 1.93 bits per heavy atom. The molecule has 146 valence electrons. The first-order valence-corrected chi connectivity index (χ1v) is 11.2. The molecule has 0 radical (unpaired) electrons. The van der Waals surface area contributed by atoms with Gasteiger partial charge in [0.1, 0.15) is 0 Å². The van der Waals surface area contributed by atoms with Gasteiger partial charge in [-0.3, -0.25) is 9.58 Å². The number of rotatable bonds is 6. The van der Waals surface area contributed by atoms with Crippen molar-refractivity contribution in [2.45, 2.75) is 49.7 Å². The Labute approximate surface area is 161 Å². The molecule has 0 amide bonds. The van der Waals surface area contributed by atoms with Crippen molar-refractivity contribution in [1.29, 1.82) is 0 Å². The third-order valence-electron chi connectivity index (χ3n) is 5.78. The van der Waals surface area contributed by atoms with Crippen LogP contribution in [0.15, 0.2) is 41.6 Å². The molecule has 2 aromatic rings. The van der Waals surface area contributed by atoms with Crippen LogP contribution in [0.5, 0.6) is 0 Å². The van der Waals surface area contributed by atoms with Gasteiger partial charge < -0.3 is 0 Å². The summed E-state index contributed by atoms with van der Waals surface area (Å²) >= 11 is 0. The van der Waals surface area contributed by atoms with E-state index < -0.39 is 10.0 Å². The van der Waals surface area contributed by atoms with E-state index in [-0.39, 0.29) is 6.04 Å². The first-order valence-electron chi connectivity index (χ1n) is 9.74. The fourth-order valence-electron chi connectivity index (χ4n) is 3.98. The highest BCUT2D eigenvalue weighted by molar-refractivity contribution is 7.89. The number of nitrogens with one attached hydrogen (secondary N) is 1. The average molecular weight is 389 g/mol. The zero-order valence-electron chi connectivity index (χ0n) is 16.0. The van der Waals surface area contributed by atoms with Crippen LogP contribution >= 0.6 is 0 Å². The lowest BCUT2D eigenvalue weighted by atomic mass is 9.94. The second-order valence-electron chi connectivity index (χ2n) is 8.02. The fourth-order valence-corrected chi connectivity index (χ4v) is 5.72. The van der Waals surface area contributed by atoms with Crippen molar-refractivity contribution in [3.63, 3.8) is 0 Å². The zero-order chi connectivity index (χ0) is 19.0. The van der Waals surface area contributed by atoms with Crippen molar-refractivity contribution in [3.8, 4) is 0 Å². The maximum Gasteiger partial charge on any atom is 0.258 e. The third-order valence-corrected chi connectivity index (χ3v) is 7.40. The van der Waals surface area contributed by atoms with Crippen LogP contribution in [-0.4, -0.2) is 42.2 Å². The number of aryl methyl sites for hydroxylation is 1. The molecule has 1 aromatic heterocycles. The van der Waals surface area contributed by atoms with Crippen molar-refractivity contribution < 1.29 is 8.42 Å². The Bertz CT molecular complexity index is 890. The monoisotopic (exact) mass is 388 g/mol. The molecule has 2 aliphatic rings. The molecule has 6 nitrogen and oxygen atoms in total. The minimum absolute atomic E-state index is 0.0885. The highest BCUT2D eigenvalue weighted by Gasteiger charge is 2.36. The van der Waals surface area contributed by atoms with Gasteiger partial charge in [-0.15, -0.1) is 0 Å². The van der Waals surface area contributed by atoms with Crippen LogP contribution in [0, 0.1) is 5.92 Å². The number of hydrogen-bond acceptors (Lipinski definition) is 4. The minimum atomic E-state index is -3.59. The highest BCUT2D eigenvalue weighted by atomic mass is 32.2. The second kappa shape index (κ2) is 7.37. The van der Waals surface area contributed by atoms with E-state index >= 15 is 0 Å². The van der Waals surface area contributed by atoms with E-state index in [2.05, 4.69) is 33.8 Å². The van der Waals surface area contributed by atoms with E-state index in [4.69, 9.17) is 0 Å². The Morgan fingerprint density at radius 3 is 2.63 bits per heavy atom. The van der Waals surface area contributed by atoms with Gasteiger partial charge in [-0.1, -0.05) is 37.3 Å². The Balaban J connectivity index is 1.49. The summed E-state index contributed by atoms with van der Waals surface area (Å²) in [5.74, 6) is 0.660. The van der Waals surface area contributed by atoms with E-state index in [0.717, 1.165) is 44.5 Å². The Morgan fingerprint density at radius 1 is 1.19 bits per heavy atom. The van der Waals surface area contributed by atoms with Crippen LogP contribution in [0.25, 0.3) is 0 Å². The summed E-state index contributed by atoms with van der Waals surface area (Å²) in [5.41, 5.74) is 2.13. The normalized spacial score (nSPS) is 24.2. The van der Waals surface area contributed by atoms with Gasteiger partial charge in [0.15, 0.2) is 5.03 Å². The van der Waals surface area contributed by atoms with Gasteiger partial charge in [0.25, 0.3) is 10.0 Å². The number of piperidine rings is 1. The van der Waals surface area contributed by atoms with Crippen molar-refractivity contribution in [2.75, 3.05) is 13.1 Å². The van der Waals surface area contributed by atoms with Gasteiger partial charge in [0, 0.05) is 31.7 Å². The molecule has 2 atom stereocenters. The number of nitrogens with zero attached hydrogens (tertiary/aromatic N) is 3. The van der Waals surface area contributed by atoms with Gasteiger partial charge in [0.2, 0.25) is 0 Å². The number of benzene rings is 1. The lowest BCUT2D eigenvalue weighted by Gasteiger charge is -2.37. The molecule has 1 saturated heterocycles. The van der Waals surface area contributed by atoms with E-state index in [0.29, 0.717) is 16.9 Å². The molecule has 2 unspecified atom stereocenters. The molecule has 1 saturated carbocycles. The largest absolute Gasteiger partial charge is 0.297 e. The average Bonchev–Trinajstić information content (AvgIpc) is 3.40. The third kappa shape index (κ3) is 4.10. The molecule has 1 aliphatic heterocycles. The fraction of sp³-hybridized carbons (Fsp3) is 0.550. The second-order valence-corrected chi connectivity index (χ2v) is 9.65. The van der Waals surface area contributed by atoms with Gasteiger partial charge in [0.05, 0.1) is 6.20 Å². The summed E-state index contributed by atoms with van der Waals surface area (Å²) in [6.07, 6.45) is 4.82. The molecule has 0 bridgehead atoms. The number of likely N-dealkylation sites (tertiary alicyclic amines) is 1. The number of aromatic nitrogens is 2. The number of hydrogen-bond donors (Lipinski definition) is 1. The number of sulfonamides is 1. The summed E-state index contributed by atoms with van der Waals surface area (Å²) in [7, 11) is -1.87. The van der Waals surface area contributed by atoms with Crippen molar-refractivity contribution in [1.82, 2.24) is 19.4 Å². The molecule has 0 spiro atoms. The zero-order valence-corrected chi connectivity index (χ0v) is 16.8. The molecule has 1 aromatic carbocycles. The Hall–Kier alpha value is -1.70. The van der Waals surface area contributed by atoms with Crippen molar-refractivity contribution in [2.24, 2.45) is 13.0 Å². The van der Waals surface area contributed by atoms with E-state index in [9.17, 15) is 8.42 Å². The van der Waals surface area contributed by atoms with E-state index in [1.165, 1.54) is 10.2 Å². The smallest absolute Gasteiger partial charge is 0.258 e. The summed E-state index contributed by atoms with van der Waals surface area (Å²) in [4.78, 5) is 2.34. The van der Waals surface area contributed by atoms with E-state index in [1.54, 1.807) is 13.2 Å². The van der Waals surface area contributed by atoms with Crippen LogP contribution in [0.4, 0.5) is 0 Å². The lowest BCUT2D eigenvalue weighted by Crippen LogP contribution is -2.51. The maximum atomic E-state index is 13.2. The molecule has 1 N–H and O–H groups in total. The molecule has 7 heteroatoms. The topological polar surface area (TPSA) is 67.2 Å². The lowest BCUT2D eigenvalue weighted by molar-refractivity contribution is 0.154. The molecular weight excluding hydrogens is 360 g/mol. The van der Waals surface area contributed by atoms with Gasteiger partial charge >= 0.3 is 0 Å². The quantitative estimate of drug-likeness (QED) is 0.826. The summed E-state index contributed by atoms with van der Waals surface area (Å²) in [6, 6.07) is 10.3. The molecule has 27 heavy (non-hydrogen) atoms. The molecule has 1 aliphatic carbocycles. The van der Waals surface area contributed by atoms with Crippen molar-refractivity contribution >= 4 is 10.0 Å². The SMILES string of the molecule is CC1CCN(Cc2ccccc2)CC1NS(=O)(=O)c1c(C2CC2)cnn1C. The van der Waals surface area contributed by atoms with Crippen LogP contribution < -0.4 is 4.72 Å². The van der Waals surface area contributed by atoms with Crippen LogP contribution in [-0.2, 0) is 23.6 Å². The van der Waals surface area contributed by atoms with Crippen LogP contribution in [0.2, 0.25) is 0 Å². The first-order chi connectivity index (χ1) is 12.9. The first kappa shape index (κ1) is 18.7. The summed E-state index contributed by atoms with van der Waals surface area (Å²) in [6.45, 7) is 4.71. The predicted octanol–water partition coefficient (Wildman–Crippen LogP) is 2.49. The Kier molecular flexibility index (Phi) is 5.09. The maximum absolute atomic E-state index is 13.2. The highest BCUT2D eigenvalue weighted by Crippen LogP contribution is 2.42.